The summed E-state index contributed by atoms with van der Waals surface area (Å²) in [5.74, 6) is 0.204. The molecule has 0 spiro atoms. The average molecular weight is 386 g/mol. The standard InChI is InChI=1S/C25H20ClNO/c1-25(15-23(28)19-12-11-17(26)13-21(19)25)14-20-18-9-5-6-10-22(18)27-24(20)16-7-3-2-4-8-16/h2-13,27H,14-15H2,1H3/t25-/m0/s1. The number of aromatic amines is 1. The fourth-order valence-corrected chi connectivity index (χ4v) is 4.76. The SMILES string of the molecule is C[C@]1(Cc2c(-c3ccccc3)[nH]c3ccccc23)CC(=O)c2ccc(Cl)cc21. The van der Waals surface area contributed by atoms with E-state index in [0.29, 0.717) is 11.4 Å². The molecule has 2 nitrogen and oxygen atoms in total. The molecule has 28 heavy (non-hydrogen) atoms. The van der Waals surface area contributed by atoms with Gasteiger partial charge in [-0.1, -0.05) is 67.1 Å². The summed E-state index contributed by atoms with van der Waals surface area (Å²) in [6, 6.07) is 24.4. The molecule has 1 aliphatic carbocycles. The maximum absolute atomic E-state index is 12.7. The molecule has 138 valence electrons. The number of halogens is 1. The minimum Gasteiger partial charge on any atom is -0.354 e. The third kappa shape index (κ3) is 2.68. The monoisotopic (exact) mass is 385 g/mol. The minimum absolute atomic E-state index is 0.204. The van der Waals surface area contributed by atoms with E-state index < -0.39 is 0 Å². The van der Waals surface area contributed by atoms with Crippen molar-refractivity contribution in [1.82, 2.24) is 4.98 Å². The predicted molar refractivity (Wildman–Crippen MR) is 115 cm³/mol. The van der Waals surface area contributed by atoms with Gasteiger partial charge in [0, 0.05) is 39.0 Å². The summed E-state index contributed by atoms with van der Waals surface area (Å²) in [6.45, 7) is 2.18. The van der Waals surface area contributed by atoms with Crippen LogP contribution in [0.3, 0.4) is 0 Å². The summed E-state index contributed by atoms with van der Waals surface area (Å²) in [7, 11) is 0. The van der Waals surface area contributed by atoms with E-state index in [4.69, 9.17) is 11.6 Å². The molecule has 0 bridgehead atoms. The van der Waals surface area contributed by atoms with Gasteiger partial charge in [-0.05, 0) is 47.4 Å². The molecule has 1 aromatic heterocycles. The van der Waals surface area contributed by atoms with Crippen LogP contribution >= 0.6 is 11.6 Å². The molecule has 0 radical (unpaired) electrons. The van der Waals surface area contributed by atoms with Crippen molar-refractivity contribution in [3.63, 3.8) is 0 Å². The number of carbonyl (C=O) groups is 1. The maximum atomic E-state index is 12.7. The first-order chi connectivity index (χ1) is 13.5. The van der Waals surface area contributed by atoms with Gasteiger partial charge < -0.3 is 4.98 Å². The van der Waals surface area contributed by atoms with Gasteiger partial charge in [-0.15, -0.1) is 0 Å². The molecule has 1 heterocycles. The topological polar surface area (TPSA) is 32.9 Å². The van der Waals surface area contributed by atoms with Gasteiger partial charge >= 0.3 is 0 Å². The Bertz CT molecular complexity index is 1210. The number of benzene rings is 3. The van der Waals surface area contributed by atoms with Gasteiger partial charge in [-0.2, -0.15) is 0 Å². The summed E-state index contributed by atoms with van der Waals surface area (Å²) >= 11 is 6.28. The van der Waals surface area contributed by atoms with Crippen molar-refractivity contribution in [2.75, 3.05) is 0 Å². The van der Waals surface area contributed by atoms with Crippen molar-refractivity contribution in [3.8, 4) is 11.3 Å². The molecular formula is C25H20ClNO. The zero-order valence-electron chi connectivity index (χ0n) is 15.6. The fourth-order valence-electron chi connectivity index (χ4n) is 4.59. The van der Waals surface area contributed by atoms with Gasteiger partial charge in [0.2, 0.25) is 0 Å². The van der Waals surface area contributed by atoms with Crippen LogP contribution in [0.15, 0.2) is 72.8 Å². The van der Waals surface area contributed by atoms with E-state index in [2.05, 4.69) is 54.4 Å². The molecule has 3 heteroatoms. The maximum Gasteiger partial charge on any atom is 0.164 e. The molecule has 0 fully saturated rings. The van der Waals surface area contributed by atoms with Crippen molar-refractivity contribution in [1.29, 1.82) is 0 Å². The van der Waals surface area contributed by atoms with Crippen LogP contribution in [-0.4, -0.2) is 10.8 Å². The minimum atomic E-state index is -0.272. The average Bonchev–Trinajstić information content (AvgIpc) is 3.18. The zero-order valence-corrected chi connectivity index (χ0v) is 16.4. The number of carbonyl (C=O) groups excluding carboxylic acids is 1. The van der Waals surface area contributed by atoms with Gasteiger partial charge in [-0.25, -0.2) is 0 Å². The molecule has 0 aliphatic heterocycles. The van der Waals surface area contributed by atoms with Crippen LogP contribution in [0.5, 0.6) is 0 Å². The molecule has 5 rings (SSSR count). The van der Waals surface area contributed by atoms with Crippen molar-refractivity contribution >= 4 is 28.3 Å². The lowest BCUT2D eigenvalue weighted by atomic mass is 9.77. The highest BCUT2D eigenvalue weighted by Gasteiger charge is 2.40. The summed E-state index contributed by atoms with van der Waals surface area (Å²) in [4.78, 5) is 16.3. The van der Waals surface area contributed by atoms with Gasteiger partial charge in [0.05, 0.1) is 0 Å². The van der Waals surface area contributed by atoms with Crippen molar-refractivity contribution in [2.24, 2.45) is 0 Å². The first-order valence-corrected chi connectivity index (χ1v) is 9.91. The second-order valence-corrected chi connectivity index (χ2v) is 8.35. The van der Waals surface area contributed by atoms with E-state index in [0.717, 1.165) is 34.3 Å². The van der Waals surface area contributed by atoms with Crippen molar-refractivity contribution in [3.05, 3.63) is 94.5 Å². The molecule has 0 unspecified atom stereocenters. The molecule has 4 aromatic rings. The number of para-hydroxylation sites is 1. The Morgan fingerprint density at radius 1 is 1.00 bits per heavy atom. The molecule has 0 saturated carbocycles. The van der Waals surface area contributed by atoms with Gasteiger partial charge in [-0.3, -0.25) is 4.79 Å². The number of ketones is 1. The number of hydrogen-bond acceptors (Lipinski definition) is 1. The Labute approximate surface area is 169 Å². The number of aromatic nitrogens is 1. The zero-order chi connectivity index (χ0) is 19.3. The lowest BCUT2D eigenvalue weighted by Crippen LogP contribution is -2.22. The van der Waals surface area contributed by atoms with E-state index in [1.165, 1.54) is 10.9 Å². The largest absolute Gasteiger partial charge is 0.354 e. The van der Waals surface area contributed by atoms with Crippen molar-refractivity contribution < 1.29 is 4.79 Å². The van der Waals surface area contributed by atoms with Crippen LogP contribution < -0.4 is 0 Å². The summed E-state index contributed by atoms with van der Waals surface area (Å²) in [5.41, 5.74) is 6.27. The van der Waals surface area contributed by atoms with Crippen molar-refractivity contribution in [2.45, 2.75) is 25.2 Å². The third-order valence-electron chi connectivity index (χ3n) is 5.93. The van der Waals surface area contributed by atoms with Crippen LogP contribution in [0.1, 0.15) is 34.8 Å². The smallest absolute Gasteiger partial charge is 0.164 e. The second kappa shape index (κ2) is 6.35. The van der Waals surface area contributed by atoms with Crippen LogP contribution in [0, 0.1) is 0 Å². The first-order valence-electron chi connectivity index (χ1n) is 9.53. The first kappa shape index (κ1) is 17.3. The third-order valence-corrected chi connectivity index (χ3v) is 6.16. The van der Waals surface area contributed by atoms with Gasteiger partial charge in [0.15, 0.2) is 5.78 Å². The number of nitrogens with one attached hydrogen (secondary N) is 1. The Morgan fingerprint density at radius 2 is 1.75 bits per heavy atom. The number of hydrogen-bond donors (Lipinski definition) is 1. The fraction of sp³-hybridized carbons (Fsp3) is 0.160. The predicted octanol–water partition coefficient (Wildman–Crippen LogP) is 6.58. The number of H-pyrrole nitrogens is 1. The van der Waals surface area contributed by atoms with Crippen LogP contribution in [0.2, 0.25) is 5.02 Å². The van der Waals surface area contributed by atoms with E-state index in [1.807, 2.05) is 30.3 Å². The Hall–Kier alpha value is -2.84. The van der Waals surface area contributed by atoms with Crippen LogP contribution in [0.25, 0.3) is 22.2 Å². The van der Waals surface area contributed by atoms with E-state index in [-0.39, 0.29) is 11.2 Å². The van der Waals surface area contributed by atoms with Crippen LogP contribution in [0.4, 0.5) is 0 Å². The highest BCUT2D eigenvalue weighted by molar-refractivity contribution is 6.30. The quantitative estimate of drug-likeness (QED) is 0.424. The lowest BCUT2D eigenvalue weighted by molar-refractivity contribution is 0.0976. The normalized spacial score (nSPS) is 18.6. The molecule has 0 saturated heterocycles. The van der Waals surface area contributed by atoms with E-state index >= 15 is 0 Å². The molecular weight excluding hydrogens is 366 g/mol. The second-order valence-electron chi connectivity index (χ2n) is 7.92. The Morgan fingerprint density at radius 3 is 2.57 bits per heavy atom. The highest BCUT2D eigenvalue weighted by Crippen LogP contribution is 2.45. The Kier molecular flexibility index (Phi) is 3.92. The van der Waals surface area contributed by atoms with E-state index in [1.54, 1.807) is 0 Å². The summed E-state index contributed by atoms with van der Waals surface area (Å²) in [6.07, 6.45) is 1.29. The number of rotatable bonds is 3. The molecule has 0 amide bonds. The summed E-state index contributed by atoms with van der Waals surface area (Å²) < 4.78 is 0. The molecule has 1 N–H and O–H groups in total. The molecule has 1 atom stereocenters. The van der Waals surface area contributed by atoms with E-state index in [9.17, 15) is 4.79 Å². The van der Waals surface area contributed by atoms with Gasteiger partial charge in [0.25, 0.3) is 0 Å². The lowest BCUT2D eigenvalue weighted by Gasteiger charge is -2.25. The summed E-state index contributed by atoms with van der Waals surface area (Å²) in [5, 5.41) is 1.90. The number of fused-ring (bicyclic) bond motifs is 2. The highest BCUT2D eigenvalue weighted by atomic mass is 35.5. The molecule has 3 aromatic carbocycles. The van der Waals surface area contributed by atoms with Gasteiger partial charge in [0.1, 0.15) is 0 Å². The number of Topliss-reactive ketones (excluding diaryl/α,β-unsaturated/α-hetero) is 1. The molecule has 1 aliphatic rings. The Balaban J connectivity index is 1.69. The van der Waals surface area contributed by atoms with Crippen LogP contribution in [-0.2, 0) is 11.8 Å².